The molecule has 0 aliphatic heterocycles. The first-order chi connectivity index (χ1) is 4.79. The van der Waals surface area contributed by atoms with E-state index in [-0.39, 0.29) is 6.42 Å². The fourth-order valence-corrected chi connectivity index (χ4v) is 0.679. The van der Waals surface area contributed by atoms with Crippen molar-refractivity contribution < 1.29 is 6.17 Å². The van der Waals surface area contributed by atoms with E-state index >= 15 is 0 Å². The Hall–Kier alpha value is -1.11. The molecule has 0 spiro atoms. The highest BCUT2D eigenvalue weighted by molar-refractivity contribution is 5.54. The molecular weight excluding hydrogens is 112 g/mol. The first-order valence-corrected chi connectivity index (χ1v) is 2.82. The lowest BCUT2D eigenvalue weighted by atomic mass is 10.2. The second-order valence-electron chi connectivity index (χ2n) is 1.81. The van der Waals surface area contributed by atoms with Crippen LogP contribution in [0.4, 0.5) is 0 Å². The number of carbonyl (C=O) groups is 1. The van der Waals surface area contributed by atoms with E-state index in [4.69, 9.17) is 1.37 Å². The maximum atomic E-state index is 10.3. The third kappa shape index (κ3) is 1.68. The number of benzene rings is 1. The molecule has 0 bridgehead atoms. The van der Waals surface area contributed by atoms with Gasteiger partial charge in [0.25, 0.3) is 0 Å². The van der Waals surface area contributed by atoms with Crippen molar-refractivity contribution in [2.24, 2.45) is 0 Å². The summed E-state index contributed by atoms with van der Waals surface area (Å²) in [6.45, 7) is 0. The maximum absolute atomic E-state index is 10.3. The van der Waals surface area contributed by atoms with Crippen molar-refractivity contribution in [3.8, 4) is 0 Å². The Balaban J connectivity index is 2.67. The molecule has 0 fully saturated rings. The van der Waals surface area contributed by atoms with Gasteiger partial charge < -0.3 is 4.79 Å². The first-order valence-electron chi connectivity index (χ1n) is 3.32. The molecule has 0 unspecified atom stereocenters. The largest absolute Gasteiger partial charge is 0.303 e. The SMILES string of the molecule is [3H]C(=O)Cc1ccccc1. The maximum Gasteiger partial charge on any atom is 0.124 e. The summed E-state index contributed by atoms with van der Waals surface area (Å²) in [5.41, 5.74) is 0.905. The van der Waals surface area contributed by atoms with Crippen molar-refractivity contribution in [1.29, 1.82) is 0 Å². The molecule has 0 amide bonds. The minimum atomic E-state index is -0.536. The molecule has 1 aromatic carbocycles. The normalized spacial score (nSPS) is 10.4. The van der Waals surface area contributed by atoms with E-state index in [9.17, 15) is 4.79 Å². The number of carbonyl (C=O) groups excluding carboxylic acids is 1. The number of rotatable bonds is 2. The monoisotopic (exact) mass is 122 g/mol. The van der Waals surface area contributed by atoms with E-state index in [1.165, 1.54) is 0 Å². The molecule has 0 saturated carbocycles. The fourth-order valence-electron chi connectivity index (χ4n) is 0.679. The minimum absolute atomic E-state index is 0.223. The Kier molecular flexibility index (Phi) is 1.59. The summed E-state index contributed by atoms with van der Waals surface area (Å²) in [5, 5.41) is 0. The van der Waals surface area contributed by atoms with Gasteiger partial charge in [-0.3, -0.25) is 0 Å². The molecule has 0 heterocycles. The topological polar surface area (TPSA) is 17.1 Å². The lowest BCUT2D eigenvalue weighted by Gasteiger charge is -1.89. The summed E-state index contributed by atoms with van der Waals surface area (Å²) in [4.78, 5) is 10.3. The molecule has 0 aliphatic carbocycles. The lowest BCUT2D eigenvalue weighted by Crippen LogP contribution is -1.82. The minimum Gasteiger partial charge on any atom is -0.303 e. The van der Waals surface area contributed by atoms with Crippen molar-refractivity contribution in [3.63, 3.8) is 0 Å². The predicted octanol–water partition coefficient (Wildman–Crippen LogP) is 1.43. The van der Waals surface area contributed by atoms with Gasteiger partial charge in [0.1, 0.15) is 7.63 Å². The smallest absolute Gasteiger partial charge is 0.124 e. The van der Waals surface area contributed by atoms with Crippen molar-refractivity contribution in [3.05, 3.63) is 35.9 Å². The molecule has 0 N–H and O–H groups in total. The average molecular weight is 122 g/mol. The summed E-state index contributed by atoms with van der Waals surface area (Å²) in [5.74, 6) is 0. The van der Waals surface area contributed by atoms with Gasteiger partial charge in [-0.25, -0.2) is 0 Å². The van der Waals surface area contributed by atoms with E-state index in [0.717, 1.165) is 5.56 Å². The van der Waals surface area contributed by atoms with Crippen LogP contribution in [-0.2, 0) is 11.2 Å². The summed E-state index contributed by atoms with van der Waals surface area (Å²) in [6.07, 6.45) is -0.313. The summed E-state index contributed by atoms with van der Waals surface area (Å²) < 4.78 is 6.68. The van der Waals surface area contributed by atoms with Crippen molar-refractivity contribution >= 4 is 6.26 Å². The van der Waals surface area contributed by atoms with E-state index in [1.54, 1.807) is 0 Å². The van der Waals surface area contributed by atoms with E-state index in [1.807, 2.05) is 30.3 Å². The third-order valence-corrected chi connectivity index (χ3v) is 1.12. The van der Waals surface area contributed by atoms with Crippen LogP contribution in [0.1, 0.15) is 6.93 Å². The molecule has 9 heavy (non-hydrogen) atoms. The van der Waals surface area contributed by atoms with Gasteiger partial charge in [0.2, 0.25) is 0 Å². The van der Waals surface area contributed by atoms with Gasteiger partial charge in [-0.1, -0.05) is 30.3 Å². The van der Waals surface area contributed by atoms with Gasteiger partial charge >= 0.3 is 0 Å². The Morgan fingerprint density at radius 2 is 2.11 bits per heavy atom. The molecule has 0 radical (unpaired) electrons. The van der Waals surface area contributed by atoms with Crippen LogP contribution in [0.2, 0.25) is 0 Å². The van der Waals surface area contributed by atoms with Gasteiger partial charge in [0, 0.05) is 6.42 Å². The van der Waals surface area contributed by atoms with E-state index in [2.05, 4.69) is 0 Å². The Morgan fingerprint density at radius 3 is 2.67 bits per heavy atom. The zero-order chi connectivity index (χ0) is 7.40. The number of aldehydes is 1. The van der Waals surface area contributed by atoms with E-state index < -0.39 is 6.26 Å². The highest BCUT2D eigenvalue weighted by Crippen LogP contribution is 1.96. The van der Waals surface area contributed by atoms with Crippen LogP contribution < -0.4 is 0 Å². The van der Waals surface area contributed by atoms with Crippen LogP contribution in [0.15, 0.2) is 30.3 Å². The van der Waals surface area contributed by atoms with Crippen molar-refractivity contribution in [1.82, 2.24) is 0 Å². The molecule has 1 rings (SSSR count). The molecule has 0 aliphatic rings. The predicted molar refractivity (Wildman–Crippen MR) is 36.2 cm³/mol. The molecule has 1 aromatic rings. The highest BCUT2D eigenvalue weighted by atomic mass is 16.1. The second kappa shape index (κ2) is 3.02. The Bertz CT molecular complexity index is 218. The fraction of sp³-hybridized carbons (Fsp3) is 0.125. The van der Waals surface area contributed by atoms with Gasteiger partial charge in [-0.15, -0.1) is 0 Å². The van der Waals surface area contributed by atoms with Gasteiger partial charge in [0.05, 0.1) is 0 Å². The number of hydrogen-bond acceptors (Lipinski definition) is 1. The van der Waals surface area contributed by atoms with Crippen LogP contribution in [0, 0.1) is 0 Å². The second-order valence-corrected chi connectivity index (χ2v) is 1.81. The van der Waals surface area contributed by atoms with Crippen LogP contribution in [-0.4, -0.2) is 6.26 Å². The summed E-state index contributed by atoms with van der Waals surface area (Å²) in [7, 11) is 0. The summed E-state index contributed by atoms with van der Waals surface area (Å²) in [6, 6.07) is 9.29. The van der Waals surface area contributed by atoms with Crippen molar-refractivity contribution in [2.75, 3.05) is 0 Å². The van der Waals surface area contributed by atoms with Crippen LogP contribution in [0.3, 0.4) is 0 Å². The molecule has 1 heteroatoms. The molecule has 0 atom stereocenters. The average Bonchev–Trinajstić information content (AvgIpc) is 1.88. The molecular formula is C8H8O. The quantitative estimate of drug-likeness (QED) is 0.542. The van der Waals surface area contributed by atoms with Gasteiger partial charge in [0.15, 0.2) is 0 Å². The van der Waals surface area contributed by atoms with Crippen LogP contribution >= 0.6 is 0 Å². The molecule has 1 nitrogen and oxygen atoms in total. The van der Waals surface area contributed by atoms with Crippen LogP contribution in [0.25, 0.3) is 0 Å². The number of hydrogen-bond donors (Lipinski definition) is 0. The van der Waals surface area contributed by atoms with Crippen molar-refractivity contribution in [2.45, 2.75) is 6.42 Å². The molecule has 46 valence electrons. The zero-order valence-electron chi connectivity index (χ0n) is 6.00. The lowest BCUT2D eigenvalue weighted by molar-refractivity contribution is -0.107. The zero-order valence-corrected chi connectivity index (χ0v) is 5.00. The molecule has 0 saturated heterocycles. The Morgan fingerprint density at radius 1 is 1.44 bits per heavy atom. The first kappa shape index (κ1) is 4.74. The molecule has 0 aromatic heterocycles. The highest BCUT2D eigenvalue weighted by Gasteiger charge is 1.84. The van der Waals surface area contributed by atoms with Crippen LogP contribution in [0.5, 0.6) is 0 Å². The third-order valence-electron chi connectivity index (χ3n) is 1.12. The van der Waals surface area contributed by atoms with Gasteiger partial charge in [-0.05, 0) is 5.56 Å². The Labute approximate surface area is 55.7 Å². The standard InChI is InChI=1S/C8H8O/c9-7-6-8-4-2-1-3-5-8/h1-5,7H,6H2/i7T. The van der Waals surface area contributed by atoms with Gasteiger partial charge in [-0.2, -0.15) is 0 Å². The summed E-state index contributed by atoms with van der Waals surface area (Å²) >= 11 is 0. The van der Waals surface area contributed by atoms with E-state index in [0.29, 0.717) is 0 Å².